The van der Waals surface area contributed by atoms with Gasteiger partial charge in [0.15, 0.2) is 0 Å². The number of carbonyl (C=O) groups is 5. The first-order valence-corrected chi connectivity index (χ1v) is 14.1. The topological polar surface area (TPSA) is 119 Å². The summed E-state index contributed by atoms with van der Waals surface area (Å²) < 4.78 is 0. The molecular formula is C32H29N5O5. The van der Waals surface area contributed by atoms with Gasteiger partial charge in [0.05, 0.1) is 17.5 Å². The first kappa shape index (κ1) is 26.1. The van der Waals surface area contributed by atoms with Gasteiger partial charge in [0, 0.05) is 42.1 Å². The van der Waals surface area contributed by atoms with Crippen molar-refractivity contribution in [3.63, 3.8) is 0 Å². The number of para-hydroxylation sites is 2. The molecule has 0 unspecified atom stereocenters. The Morgan fingerprint density at radius 3 is 2.36 bits per heavy atom. The predicted octanol–water partition coefficient (Wildman–Crippen LogP) is 2.57. The number of rotatable bonds is 4. The number of imide groups is 1. The van der Waals surface area contributed by atoms with Crippen LogP contribution in [0.2, 0.25) is 0 Å². The van der Waals surface area contributed by atoms with Gasteiger partial charge >= 0.3 is 0 Å². The summed E-state index contributed by atoms with van der Waals surface area (Å²) in [7, 11) is 0. The molecule has 2 fully saturated rings. The van der Waals surface area contributed by atoms with Gasteiger partial charge in [-0.25, -0.2) is 4.90 Å². The summed E-state index contributed by atoms with van der Waals surface area (Å²) in [5, 5.41) is 6.03. The van der Waals surface area contributed by atoms with Crippen LogP contribution in [0.4, 0.5) is 22.7 Å². The van der Waals surface area contributed by atoms with Crippen LogP contribution in [0.15, 0.2) is 72.8 Å². The minimum absolute atomic E-state index is 0.185. The third kappa shape index (κ3) is 3.58. The lowest BCUT2D eigenvalue weighted by Gasteiger charge is -2.30. The standard InChI is InChI=1S/C32H29N5O5/c1-18-27-28(30(41)37(29(27)40)22-13-11-21(12-14-22)33-19(2)38)32(34-18)23-8-4-6-10-25(23)36(31(32)42)17-26(39)35-16-15-20-7-3-5-9-24(20)35/h3-14,18,27-28,34H,15-17H2,1-2H3,(H,33,38)/t18-,27+,28+,32+/m0/s1. The van der Waals surface area contributed by atoms with E-state index in [1.165, 1.54) is 11.8 Å². The maximum atomic E-state index is 14.5. The van der Waals surface area contributed by atoms with Crippen molar-refractivity contribution in [2.24, 2.45) is 11.8 Å². The van der Waals surface area contributed by atoms with Gasteiger partial charge in [0.2, 0.25) is 23.6 Å². The molecule has 0 saturated carbocycles. The van der Waals surface area contributed by atoms with E-state index in [-0.39, 0.29) is 24.3 Å². The number of carbonyl (C=O) groups excluding carboxylic acids is 5. The van der Waals surface area contributed by atoms with Crippen molar-refractivity contribution in [2.75, 3.05) is 33.1 Å². The first-order chi connectivity index (χ1) is 20.2. The molecular weight excluding hydrogens is 534 g/mol. The van der Waals surface area contributed by atoms with Crippen LogP contribution >= 0.6 is 0 Å². The molecule has 42 heavy (non-hydrogen) atoms. The number of hydrogen-bond acceptors (Lipinski definition) is 6. The van der Waals surface area contributed by atoms with Gasteiger partial charge in [-0.15, -0.1) is 0 Å². The van der Waals surface area contributed by atoms with E-state index in [2.05, 4.69) is 10.6 Å². The molecule has 2 N–H and O–H groups in total. The maximum absolute atomic E-state index is 14.5. The molecule has 3 aromatic carbocycles. The van der Waals surface area contributed by atoms with Crippen LogP contribution in [0.5, 0.6) is 0 Å². The van der Waals surface area contributed by atoms with Gasteiger partial charge in [-0.05, 0) is 55.3 Å². The van der Waals surface area contributed by atoms with E-state index in [9.17, 15) is 24.0 Å². The highest BCUT2D eigenvalue weighted by Crippen LogP contribution is 2.55. The number of fused-ring (bicyclic) bond motifs is 5. The SMILES string of the molecule is CC(=O)Nc1ccc(N2C(=O)[C@@H]3[C@H](C)N[C@@]4(C(=O)N(CC(=O)N5CCc6ccccc65)c5ccccc54)[C@H]3C2=O)cc1. The second-order valence-electron chi connectivity index (χ2n) is 11.3. The van der Waals surface area contributed by atoms with Crippen LogP contribution in [0.25, 0.3) is 0 Å². The molecule has 0 aromatic heterocycles. The average molecular weight is 564 g/mol. The molecule has 212 valence electrons. The van der Waals surface area contributed by atoms with Crippen LogP contribution in [-0.4, -0.2) is 48.7 Å². The zero-order chi connectivity index (χ0) is 29.3. The van der Waals surface area contributed by atoms with Gasteiger partial charge in [-0.1, -0.05) is 36.4 Å². The van der Waals surface area contributed by atoms with Crippen LogP contribution in [0, 0.1) is 11.8 Å². The Hall–Kier alpha value is -4.83. The van der Waals surface area contributed by atoms with Gasteiger partial charge < -0.3 is 15.1 Å². The molecule has 0 aliphatic carbocycles. The quantitative estimate of drug-likeness (QED) is 0.471. The molecule has 4 aliphatic heterocycles. The zero-order valence-corrected chi connectivity index (χ0v) is 23.2. The summed E-state index contributed by atoms with van der Waals surface area (Å²) in [5.74, 6) is -3.48. The summed E-state index contributed by atoms with van der Waals surface area (Å²) in [6.45, 7) is 3.56. The number of hydrogen-bond donors (Lipinski definition) is 2. The fourth-order valence-corrected chi connectivity index (χ4v) is 7.24. The summed E-state index contributed by atoms with van der Waals surface area (Å²) >= 11 is 0. The monoisotopic (exact) mass is 563 g/mol. The first-order valence-electron chi connectivity index (χ1n) is 14.1. The second kappa shape index (κ2) is 9.35. The van der Waals surface area contributed by atoms with Crippen molar-refractivity contribution >= 4 is 52.3 Å². The number of amides is 5. The average Bonchev–Trinajstić information content (AvgIpc) is 3.68. The van der Waals surface area contributed by atoms with E-state index >= 15 is 0 Å². The summed E-state index contributed by atoms with van der Waals surface area (Å²) in [4.78, 5) is 71.8. The minimum Gasteiger partial charge on any atom is -0.326 e. The normalized spacial score (nSPS) is 25.7. The molecule has 0 radical (unpaired) electrons. The van der Waals surface area contributed by atoms with E-state index in [0.29, 0.717) is 29.2 Å². The molecule has 3 aromatic rings. The summed E-state index contributed by atoms with van der Waals surface area (Å²) in [5.41, 5.74) is 2.51. The Morgan fingerprint density at radius 2 is 1.62 bits per heavy atom. The van der Waals surface area contributed by atoms with Gasteiger partial charge in [-0.3, -0.25) is 29.3 Å². The van der Waals surface area contributed by atoms with Crippen LogP contribution < -0.4 is 25.3 Å². The fraction of sp³-hybridized carbons (Fsp3) is 0.281. The van der Waals surface area contributed by atoms with E-state index in [4.69, 9.17) is 0 Å². The highest BCUT2D eigenvalue weighted by Gasteiger charge is 2.71. The van der Waals surface area contributed by atoms with E-state index in [0.717, 1.165) is 22.6 Å². The third-order valence-corrected chi connectivity index (χ3v) is 8.94. The highest BCUT2D eigenvalue weighted by atomic mass is 16.2. The van der Waals surface area contributed by atoms with Crippen LogP contribution in [-0.2, 0) is 35.9 Å². The minimum atomic E-state index is -1.48. The van der Waals surface area contributed by atoms with Crippen molar-refractivity contribution < 1.29 is 24.0 Å². The number of nitrogens with zero attached hydrogens (tertiary/aromatic N) is 3. The summed E-state index contributed by atoms with van der Waals surface area (Å²) in [6.07, 6.45) is 0.747. The van der Waals surface area contributed by atoms with Crippen molar-refractivity contribution in [1.29, 1.82) is 0 Å². The Kier molecular flexibility index (Phi) is 5.81. The molecule has 1 spiro atoms. The Bertz CT molecular complexity index is 1690. The van der Waals surface area contributed by atoms with Crippen molar-refractivity contribution in [1.82, 2.24) is 5.32 Å². The lowest BCUT2D eigenvalue weighted by atomic mass is 9.76. The largest absolute Gasteiger partial charge is 0.326 e. The second-order valence-corrected chi connectivity index (χ2v) is 11.3. The van der Waals surface area contributed by atoms with Gasteiger partial charge in [0.1, 0.15) is 12.1 Å². The van der Waals surface area contributed by atoms with Crippen molar-refractivity contribution in [2.45, 2.75) is 31.8 Å². The third-order valence-electron chi connectivity index (χ3n) is 8.94. The van der Waals surface area contributed by atoms with Crippen molar-refractivity contribution in [3.05, 3.63) is 83.9 Å². The molecule has 10 nitrogen and oxygen atoms in total. The van der Waals surface area contributed by atoms with Gasteiger partial charge in [-0.2, -0.15) is 0 Å². The molecule has 4 aliphatic rings. The van der Waals surface area contributed by atoms with E-state index in [1.807, 2.05) is 31.2 Å². The lowest BCUT2D eigenvalue weighted by Crippen LogP contribution is -2.56. The van der Waals surface area contributed by atoms with E-state index in [1.54, 1.807) is 53.4 Å². The lowest BCUT2D eigenvalue weighted by molar-refractivity contribution is -0.132. The smallest absolute Gasteiger partial charge is 0.253 e. The number of anilines is 4. The highest BCUT2D eigenvalue weighted by molar-refractivity contribution is 6.26. The molecule has 0 bridgehead atoms. The predicted molar refractivity (Wildman–Crippen MR) is 156 cm³/mol. The van der Waals surface area contributed by atoms with Crippen LogP contribution in [0.3, 0.4) is 0 Å². The molecule has 7 rings (SSSR count). The Labute approximate surface area is 242 Å². The van der Waals surface area contributed by atoms with E-state index < -0.39 is 35.2 Å². The molecule has 4 atom stereocenters. The zero-order valence-electron chi connectivity index (χ0n) is 23.2. The fourth-order valence-electron chi connectivity index (χ4n) is 7.24. The number of benzene rings is 3. The van der Waals surface area contributed by atoms with Crippen LogP contribution in [0.1, 0.15) is 25.0 Å². The maximum Gasteiger partial charge on any atom is 0.253 e. The molecule has 4 heterocycles. The van der Waals surface area contributed by atoms with Gasteiger partial charge in [0.25, 0.3) is 5.91 Å². The van der Waals surface area contributed by atoms with Crippen molar-refractivity contribution in [3.8, 4) is 0 Å². The molecule has 2 saturated heterocycles. The summed E-state index contributed by atoms with van der Waals surface area (Å²) in [6, 6.07) is 20.9. The Morgan fingerprint density at radius 1 is 0.929 bits per heavy atom. The molecule has 10 heteroatoms. The molecule has 5 amide bonds. The number of nitrogens with one attached hydrogen (secondary N) is 2. The Balaban J connectivity index is 1.24.